The summed E-state index contributed by atoms with van der Waals surface area (Å²) in [6.07, 6.45) is 4.14. The molecule has 1 atom stereocenters. The van der Waals surface area contributed by atoms with Gasteiger partial charge in [-0.05, 0) is 24.1 Å². The summed E-state index contributed by atoms with van der Waals surface area (Å²) in [5.74, 6) is 0.239. The van der Waals surface area contributed by atoms with Crippen molar-refractivity contribution in [2.75, 3.05) is 13.1 Å². The van der Waals surface area contributed by atoms with Crippen LogP contribution < -0.4 is 10.6 Å². The molecule has 1 saturated heterocycles. The molecule has 21 heavy (non-hydrogen) atoms. The van der Waals surface area contributed by atoms with Gasteiger partial charge in [0.1, 0.15) is 12.7 Å². The van der Waals surface area contributed by atoms with Gasteiger partial charge in [-0.25, -0.2) is 9.67 Å². The summed E-state index contributed by atoms with van der Waals surface area (Å²) in [5, 5.41) is 10.4. The van der Waals surface area contributed by atoms with Crippen LogP contribution in [0, 0.1) is 5.92 Å². The van der Waals surface area contributed by atoms with Crippen LogP contribution in [-0.2, 0) is 17.9 Å². The zero-order chi connectivity index (χ0) is 14.5. The molecule has 1 aromatic heterocycles. The molecule has 1 fully saturated rings. The largest absolute Gasteiger partial charge is 0.352 e. The van der Waals surface area contributed by atoms with Crippen LogP contribution in [0.1, 0.15) is 17.5 Å². The number of hydrogen-bond acceptors (Lipinski definition) is 4. The Morgan fingerprint density at radius 3 is 2.95 bits per heavy atom. The minimum atomic E-state index is 0.104. The summed E-state index contributed by atoms with van der Waals surface area (Å²) < 4.78 is 1.78. The summed E-state index contributed by atoms with van der Waals surface area (Å²) in [7, 11) is 0. The quantitative estimate of drug-likeness (QED) is 0.841. The third-order valence-corrected chi connectivity index (χ3v) is 3.80. The maximum Gasteiger partial charge on any atom is 0.224 e. The number of benzene rings is 1. The number of hydrogen-bond donors (Lipinski definition) is 2. The second-order valence-electron chi connectivity index (χ2n) is 5.27. The van der Waals surface area contributed by atoms with Gasteiger partial charge in [0, 0.05) is 13.1 Å². The second-order valence-corrected chi connectivity index (χ2v) is 5.27. The molecule has 2 N–H and O–H groups in total. The Kier molecular flexibility index (Phi) is 4.25. The molecule has 0 saturated carbocycles. The van der Waals surface area contributed by atoms with E-state index in [2.05, 4.69) is 26.8 Å². The zero-order valence-electron chi connectivity index (χ0n) is 11.8. The van der Waals surface area contributed by atoms with Gasteiger partial charge in [0.05, 0.1) is 12.5 Å². The average molecular weight is 285 g/mol. The highest BCUT2D eigenvalue weighted by Crippen LogP contribution is 2.12. The molecule has 0 unspecified atom stereocenters. The van der Waals surface area contributed by atoms with Gasteiger partial charge in [-0.1, -0.05) is 24.3 Å². The molecule has 1 amide bonds. The topological polar surface area (TPSA) is 71.8 Å². The highest BCUT2D eigenvalue weighted by molar-refractivity contribution is 5.79. The monoisotopic (exact) mass is 285 g/mol. The fraction of sp³-hybridized carbons (Fsp3) is 0.400. The van der Waals surface area contributed by atoms with Crippen molar-refractivity contribution in [3.63, 3.8) is 0 Å². The van der Waals surface area contributed by atoms with Gasteiger partial charge in [0.2, 0.25) is 5.91 Å². The van der Waals surface area contributed by atoms with Crippen LogP contribution in [0.3, 0.4) is 0 Å². The SMILES string of the molecule is O=C(NCc1ccccc1Cn1cncn1)[C@@H]1CCNC1. The van der Waals surface area contributed by atoms with Crippen LogP contribution in [-0.4, -0.2) is 33.8 Å². The second kappa shape index (κ2) is 6.49. The van der Waals surface area contributed by atoms with Gasteiger partial charge in [-0.15, -0.1) is 0 Å². The fourth-order valence-corrected chi connectivity index (χ4v) is 2.58. The van der Waals surface area contributed by atoms with Crippen molar-refractivity contribution in [1.29, 1.82) is 0 Å². The molecule has 1 aliphatic heterocycles. The van der Waals surface area contributed by atoms with Gasteiger partial charge >= 0.3 is 0 Å². The van der Waals surface area contributed by atoms with Crippen LogP contribution in [0.15, 0.2) is 36.9 Å². The van der Waals surface area contributed by atoms with E-state index in [1.807, 2.05) is 18.2 Å². The number of nitrogens with one attached hydrogen (secondary N) is 2. The number of nitrogens with zero attached hydrogens (tertiary/aromatic N) is 3. The maximum atomic E-state index is 12.1. The first kappa shape index (κ1) is 13.8. The van der Waals surface area contributed by atoms with Crippen molar-refractivity contribution in [2.24, 2.45) is 5.92 Å². The molecule has 1 aromatic carbocycles. The van der Waals surface area contributed by atoms with Gasteiger partial charge in [0.15, 0.2) is 0 Å². The van der Waals surface area contributed by atoms with E-state index in [4.69, 9.17) is 0 Å². The highest BCUT2D eigenvalue weighted by atomic mass is 16.1. The lowest BCUT2D eigenvalue weighted by atomic mass is 10.1. The van der Waals surface area contributed by atoms with Crippen LogP contribution in [0.5, 0.6) is 0 Å². The Bertz CT molecular complexity index is 590. The number of aromatic nitrogens is 3. The molecular weight excluding hydrogens is 266 g/mol. The summed E-state index contributed by atoms with van der Waals surface area (Å²) in [4.78, 5) is 16.0. The molecule has 3 rings (SSSR count). The summed E-state index contributed by atoms with van der Waals surface area (Å²) in [5.41, 5.74) is 2.26. The van der Waals surface area contributed by atoms with E-state index in [0.717, 1.165) is 30.6 Å². The van der Waals surface area contributed by atoms with E-state index in [9.17, 15) is 4.79 Å². The summed E-state index contributed by atoms with van der Waals surface area (Å²) in [6.45, 7) is 2.94. The third kappa shape index (κ3) is 3.46. The van der Waals surface area contributed by atoms with Gasteiger partial charge in [-0.3, -0.25) is 4.79 Å². The van der Waals surface area contributed by atoms with E-state index in [0.29, 0.717) is 13.1 Å². The molecule has 2 heterocycles. The molecule has 110 valence electrons. The van der Waals surface area contributed by atoms with E-state index < -0.39 is 0 Å². The Labute approximate surface area is 123 Å². The van der Waals surface area contributed by atoms with E-state index in [-0.39, 0.29) is 11.8 Å². The average Bonchev–Trinajstić information content (AvgIpc) is 3.19. The molecule has 6 nitrogen and oxygen atoms in total. The molecule has 6 heteroatoms. The predicted molar refractivity (Wildman–Crippen MR) is 78.4 cm³/mol. The van der Waals surface area contributed by atoms with E-state index in [1.54, 1.807) is 11.0 Å². The Hall–Kier alpha value is -2.21. The molecule has 0 radical (unpaired) electrons. The highest BCUT2D eigenvalue weighted by Gasteiger charge is 2.21. The Balaban J connectivity index is 1.63. The predicted octanol–water partition coefficient (Wildman–Crippen LogP) is 0.552. The van der Waals surface area contributed by atoms with Crippen molar-refractivity contribution < 1.29 is 4.79 Å². The lowest BCUT2D eigenvalue weighted by molar-refractivity contribution is -0.124. The van der Waals surface area contributed by atoms with Crippen LogP contribution in [0.4, 0.5) is 0 Å². The van der Waals surface area contributed by atoms with E-state index >= 15 is 0 Å². The van der Waals surface area contributed by atoms with Crippen LogP contribution in [0.2, 0.25) is 0 Å². The van der Waals surface area contributed by atoms with Gasteiger partial charge in [-0.2, -0.15) is 5.10 Å². The Morgan fingerprint density at radius 2 is 2.24 bits per heavy atom. The lowest BCUT2D eigenvalue weighted by Crippen LogP contribution is -2.31. The van der Waals surface area contributed by atoms with E-state index in [1.165, 1.54) is 6.33 Å². The normalized spacial score (nSPS) is 17.8. The minimum Gasteiger partial charge on any atom is -0.352 e. The van der Waals surface area contributed by atoms with Crippen molar-refractivity contribution in [3.8, 4) is 0 Å². The minimum absolute atomic E-state index is 0.104. The first-order valence-corrected chi connectivity index (χ1v) is 7.20. The van der Waals surface area contributed by atoms with Gasteiger partial charge in [0.25, 0.3) is 0 Å². The number of carbonyl (C=O) groups excluding carboxylic acids is 1. The first-order valence-electron chi connectivity index (χ1n) is 7.20. The number of amides is 1. The molecule has 2 aromatic rings. The van der Waals surface area contributed by atoms with Crippen molar-refractivity contribution in [2.45, 2.75) is 19.5 Å². The zero-order valence-corrected chi connectivity index (χ0v) is 11.8. The third-order valence-electron chi connectivity index (χ3n) is 3.80. The maximum absolute atomic E-state index is 12.1. The number of carbonyl (C=O) groups is 1. The molecule has 0 spiro atoms. The first-order chi connectivity index (χ1) is 10.3. The molecule has 1 aliphatic rings. The lowest BCUT2D eigenvalue weighted by Gasteiger charge is -2.13. The standard InChI is InChI=1S/C15H19N5O/c21-15(13-5-6-16-7-13)18-8-12-3-1-2-4-14(12)9-20-11-17-10-19-20/h1-4,10-11,13,16H,5-9H2,(H,18,21)/t13-/m1/s1. The Morgan fingerprint density at radius 1 is 1.38 bits per heavy atom. The molecular formula is C15H19N5O. The molecule has 0 bridgehead atoms. The van der Waals surface area contributed by atoms with Crippen molar-refractivity contribution in [3.05, 3.63) is 48.0 Å². The van der Waals surface area contributed by atoms with Crippen molar-refractivity contribution >= 4 is 5.91 Å². The van der Waals surface area contributed by atoms with Crippen LogP contribution in [0.25, 0.3) is 0 Å². The summed E-state index contributed by atoms with van der Waals surface area (Å²) in [6, 6.07) is 8.08. The smallest absolute Gasteiger partial charge is 0.224 e. The van der Waals surface area contributed by atoms with Gasteiger partial charge < -0.3 is 10.6 Å². The molecule has 0 aliphatic carbocycles. The fourth-order valence-electron chi connectivity index (χ4n) is 2.58. The van der Waals surface area contributed by atoms with Crippen LogP contribution >= 0.6 is 0 Å². The number of rotatable bonds is 5. The summed E-state index contributed by atoms with van der Waals surface area (Å²) >= 11 is 0. The van der Waals surface area contributed by atoms with Crippen molar-refractivity contribution in [1.82, 2.24) is 25.4 Å².